The molecule has 0 aromatic carbocycles. The zero-order valence-corrected chi connectivity index (χ0v) is 10.9. The molecule has 5 nitrogen and oxygen atoms in total. The molecule has 0 radical (unpaired) electrons. The van der Waals surface area contributed by atoms with E-state index in [4.69, 9.17) is 17.5 Å². The van der Waals surface area contributed by atoms with Crippen LogP contribution in [0.1, 0.15) is 32.6 Å². The summed E-state index contributed by atoms with van der Waals surface area (Å²) in [6.07, 6.45) is 5.54. The Morgan fingerprint density at radius 2 is 1.40 bits per heavy atom. The van der Waals surface area contributed by atoms with Crippen LogP contribution in [0.25, 0.3) is 0 Å². The first-order chi connectivity index (χ1) is 6.56. The zero-order valence-electron chi connectivity index (χ0n) is 10.1. The van der Waals surface area contributed by atoms with E-state index in [1.165, 1.54) is 32.2 Å². The van der Waals surface area contributed by atoms with Gasteiger partial charge in [0.1, 0.15) is 0 Å². The van der Waals surface area contributed by atoms with Crippen molar-refractivity contribution in [3.63, 3.8) is 0 Å². The summed E-state index contributed by atoms with van der Waals surface area (Å²) in [6, 6.07) is 0. The Morgan fingerprint density at radius 1 is 1.00 bits per heavy atom. The lowest BCUT2D eigenvalue weighted by Gasteiger charge is -2.23. The Labute approximate surface area is 93.3 Å². The topological polar surface area (TPSA) is 74.6 Å². The molecule has 6 heteroatoms. The molecule has 0 saturated heterocycles. The lowest BCUT2D eigenvalue weighted by Crippen LogP contribution is -2.35. The van der Waals surface area contributed by atoms with Crippen molar-refractivity contribution >= 4 is 10.4 Å². The van der Waals surface area contributed by atoms with Gasteiger partial charge in [-0.15, -0.1) is 0 Å². The van der Waals surface area contributed by atoms with Gasteiger partial charge in [0, 0.05) is 0 Å². The van der Waals surface area contributed by atoms with E-state index in [9.17, 15) is 0 Å². The molecule has 0 aromatic heterocycles. The fourth-order valence-electron chi connectivity index (χ4n) is 1.01. The molecule has 0 aromatic rings. The van der Waals surface area contributed by atoms with Crippen molar-refractivity contribution < 1.29 is 22.0 Å². The number of unbranched alkanes of at least 4 members (excludes halogenated alkanes) is 3. The highest BCUT2D eigenvalue weighted by Gasteiger charge is 2.04. The smallest absolute Gasteiger partial charge is 0.331 e. The van der Waals surface area contributed by atoms with E-state index >= 15 is 0 Å². The van der Waals surface area contributed by atoms with E-state index in [0.29, 0.717) is 0 Å². The fraction of sp³-hybridized carbons (Fsp3) is 1.00. The van der Waals surface area contributed by atoms with E-state index in [1.54, 1.807) is 0 Å². The number of nitrogens with zero attached hydrogens (tertiary/aromatic N) is 1. The monoisotopic (exact) mass is 242 g/mol. The van der Waals surface area contributed by atoms with E-state index in [0.717, 1.165) is 4.48 Å². The van der Waals surface area contributed by atoms with Crippen molar-refractivity contribution in [2.45, 2.75) is 32.6 Å². The van der Waals surface area contributed by atoms with Crippen LogP contribution in [0.3, 0.4) is 0 Å². The quantitative estimate of drug-likeness (QED) is 0.436. The van der Waals surface area contributed by atoms with Crippen LogP contribution in [-0.4, -0.2) is 49.7 Å². The summed E-state index contributed by atoms with van der Waals surface area (Å²) in [5.41, 5.74) is 0. The third-order valence-electron chi connectivity index (χ3n) is 1.68. The van der Waals surface area contributed by atoms with Gasteiger partial charge in [-0.05, 0) is 12.8 Å². The second-order valence-corrected chi connectivity index (χ2v) is 5.42. The van der Waals surface area contributed by atoms with Crippen LogP contribution in [0.5, 0.6) is 0 Å². The standard InChI is InChI=1S/C9H22N.H2O4S/c1-5-6-7-8-9-10(2,3)4;1-5(2,3)4/h5-9H2,1-4H3;(H2,1,2,3,4)/q+1;. The molecule has 94 valence electrons. The van der Waals surface area contributed by atoms with Crippen LogP contribution >= 0.6 is 0 Å². The van der Waals surface area contributed by atoms with E-state index < -0.39 is 10.4 Å². The molecule has 0 bridgehead atoms. The highest BCUT2D eigenvalue weighted by atomic mass is 32.3. The number of rotatable bonds is 5. The highest BCUT2D eigenvalue weighted by molar-refractivity contribution is 7.79. The molecule has 0 atom stereocenters. The van der Waals surface area contributed by atoms with Crippen molar-refractivity contribution in [3.05, 3.63) is 0 Å². The SMILES string of the molecule is CCCCCC[N+](C)(C)C.O=S(=O)(O)O. The molecule has 0 amide bonds. The molecule has 2 N–H and O–H groups in total. The molecule has 0 aliphatic heterocycles. The number of hydrogen-bond donors (Lipinski definition) is 2. The fourth-order valence-corrected chi connectivity index (χ4v) is 1.01. The van der Waals surface area contributed by atoms with Gasteiger partial charge in [0.05, 0.1) is 27.7 Å². The molecule has 0 saturated carbocycles. The lowest BCUT2D eigenvalue weighted by atomic mass is 10.2. The Kier molecular flexibility index (Phi) is 9.23. The van der Waals surface area contributed by atoms with Gasteiger partial charge in [0.2, 0.25) is 0 Å². The molecular formula is C9H24NO4S+. The number of hydrogen-bond acceptors (Lipinski definition) is 2. The Bertz CT molecular complexity index is 223. The lowest BCUT2D eigenvalue weighted by molar-refractivity contribution is -0.870. The first-order valence-electron chi connectivity index (χ1n) is 5.06. The van der Waals surface area contributed by atoms with Gasteiger partial charge >= 0.3 is 10.4 Å². The largest absolute Gasteiger partial charge is 0.394 e. The summed E-state index contributed by atoms with van der Waals surface area (Å²) < 4.78 is 32.7. The molecule has 0 fully saturated rings. The zero-order chi connectivity index (χ0) is 12.5. The first kappa shape index (κ1) is 17.2. The first-order valence-corrected chi connectivity index (χ1v) is 6.46. The summed E-state index contributed by atoms with van der Waals surface area (Å²) in [5, 5.41) is 0. The third kappa shape index (κ3) is 41.5. The molecular weight excluding hydrogens is 218 g/mol. The highest BCUT2D eigenvalue weighted by Crippen LogP contribution is 2.01. The third-order valence-corrected chi connectivity index (χ3v) is 1.68. The van der Waals surface area contributed by atoms with Gasteiger partial charge in [-0.3, -0.25) is 9.11 Å². The minimum atomic E-state index is -4.67. The second-order valence-electron chi connectivity index (χ2n) is 4.52. The van der Waals surface area contributed by atoms with Gasteiger partial charge in [-0.1, -0.05) is 19.8 Å². The summed E-state index contributed by atoms with van der Waals surface area (Å²) >= 11 is 0. The average molecular weight is 242 g/mol. The van der Waals surface area contributed by atoms with Crippen LogP contribution < -0.4 is 0 Å². The molecule has 0 aliphatic rings. The molecule has 0 spiro atoms. The Balaban J connectivity index is 0. The Morgan fingerprint density at radius 3 is 1.67 bits per heavy atom. The van der Waals surface area contributed by atoms with Gasteiger partial charge in [-0.2, -0.15) is 8.42 Å². The van der Waals surface area contributed by atoms with Crippen molar-refractivity contribution in [2.75, 3.05) is 27.7 Å². The molecule has 15 heavy (non-hydrogen) atoms. The van der Waals surface area contributed by atoms with E-state index in [1.807, 2.05) is 0 Å². The molecule has 0 aliphatic carbocycles. The van der Waals surface area contributed by atoms with Crippen molar-refractivity contribution in [1.82, 2.24) is 0 Å². The molecule has 0 unspecified atom stereocenters. The minimum Gasteiger partial charge on any atom is -0.331 e. The van der Waals surface area contributed by atoms with E-state index in [-0.39, 0.29) is 0 Å². The van der Waals surface area contributed by atoms with Gasteiger partial charge in [-0.25, -0.2) is 0 Å². The normalized spacial score (nSPS) is 11.9. The maximum atomic E-state index is 8.74. The van der Waals surface area contributed by atoms with Crippen molar-refractivity contribution in [1.29, 1.82) is 0 Å². The van der Waals surface area contributed by atoms with Crippen LogP contribution in [0.2, 0.25) is 0 Å². The number of quaternary nitrogens is 1. The van der Waals surface area contributed by atoms with Crippen LogP contribution in [-0.2, 0) is 10.4 Å². The summed E-state index contributed by atoms with van der Waals surface area (Å²) in [7, 11) is 2.10. The van der Waals surface area contributed by atoms with Crippen LogP contribution in [0.15, 0.2) is 0 Å². The second kappa shape index (κ2) is 8.04. The molecule has 0 heterocycles. The summed E-state index contributed by atoms with van der Waals surface area (Å²) in [6.45, 7) is 3.58. The Hall–Kier alpha value is -0.170. The van der Waals surface area contributed by atoms with Crippen LogP contribution in [0.4, 0.5) is 0 Å². The minimum absolute atomic E-state index is 1.11. The maximum Gasteiger partial charge on any atom is 0.394 e. The van der Waals surface area contributed by atoms with Gasteiger partial charge in [0.15, 0.2) is 0 Å². The molecule has 0 rings (SSSR count). The van der Waals surface area contributed by atoms with Crippen LogP contribution in [0, 0.1) is 0 Å². The predicted molar refractivity (Wildman–Crippen MR) is 61.2 cm³/mol. The maximum absolute atomic E-state index is 8.74. The van der Waals surface area contributed by atoms with Crippen molar-refractivity contribution in [3.8, 4) is 0 Å². The summed E-state index contributed by atoms with van der Waals surface area (Å²) in [4.78, 5) is 0. The van der Waals surface area contributed by atoms with E-state index in [2.05, 4.69) is 28.1 Å². The van der Waals surface area contributed by atoms with Gasteiger partial charge < -0.3 is 4.48 Å². The average Bonchev–Trinajstić information content (AvgIpc) is 1.93. The van der Waals surface area contributed by atoms with Gasteiger partial charge in [0.25, 0.3) is 0 Å². The predicted octanol–water partition coefficient (Wildman–Crippen LogP) is 1.62. The van der Waals surface area contributed by atoms with Crippen molar-refractivity contribution in [2.24, 2.45) is 0 Å². The summed E-state index contributed by atoms with van der Waals surface area (Å²) in [5.74, 6) is 0.